The van der Waals surface area contributed by atoms with Crippen LogP contribution in [0.5, 0.6) is 5.88 Å². The first-order valence-corrected chi connectivity index (χ1v) is 8.10. The lowest BCUT2D eigenvalue weighted by atomic mass is 10.2. The molecule has 2 aromatic heterocycles. The number of hydrogen-bond donors (Lipinski definition) is 1. The van der Waals surface area contributed by atoms with Crippen LogP contribution in [0.4, 0.5) is 0 Å². The van der Waals surface area contributed by atoms with Crippen molar-refractivity contribution in [1.82, 2.24) is 10.3 Å². The van der Waals surface area contributed by atoms with Crippen molar-refractivity contribution in [1.29, 1.82) is 0 Å². The van der Waals surface area contributed by atoms with Gasteiger partial charge in [-0.15, -0.1) is 11.3 Å². The Bertz CT molecular complexity index is 550. The summed E-state index contributed by atoms with van der Waals surface area (Å²) in [5, 5.41) is 5.61. The number of pyridine rings is 1. The lowest BCUT2D eigenvalue weighted by Gasteiger charge is -2.09. The predicted molar refractivity (Wildman–Crippen MR) is 82.1 cm³/mol. The third kappa shape index (κ3) is 3.81. The van der Waals surface area contributed by atoms with Crippen LogP contribution in [0.2, 0.25) is 0 Å². The van der Waals surface area contributed by atoms with Crippen molar-refractivity contribution in [3.8, 4) is 5.88 Å². The zero-order valence-electron chi connectivity index (χ0n) is 11.8. The van der Waals surface area contributed by atoms with Crippen molar-refractivity contribution in [2.24, 2.45) is 0 Å². The van der Waals surface area contributed by atoms with Gasteiger partial charge >= 0.3 is 0 Å². The molecule has 2 heterocycles. The minimum absolute atomic E-state index is 0.604. The van der Waals surface area contributed by atoms with Crippen molar-refractivity contribution in [3.05, 3.63) is 45.8 Å². The van der Waals surface area contributed by atoms with E-state index in [1.54, 1.807) is 11.3 Å². The van der Waals surface area contributed by atoms with E-state index in [1.165, 1.54) is 23.3 Å². The van der Waals surface area contributed by atoms with Gasteiger partial charge in [0.2, 0.25) is 5.88 Å². The van der Waals surface area contributed by atoms with Gasteiger partial charge in [0, 0.05) is 29.2 Å². The molecule has 0 amide bonds. The van der Waals surface area contributed by atoms with Gasteiger partial charge in [-0.25, -0.2) is 4.98 Å². The smallest absolute Gasteiger partial charge is 0.214 e. The molecule has 0 saturated heterocycles. The number of rotatable bonds is 7. The molecule has 0 radical (unpaired) electrons. The Labute approximate surface area is 124 Å². The fourth-order valence-electron chi connectivity index (χ4n) is 2.07. The lowest BCUT2D eigenvalue weighted by Crippen LogP contribution is -2.15. The molecule has 2 aromatic rings. The second-order valence-corrected chi connectivity index (χ2v) is 6.21. The second kappa shape index (κ2) is 6.37. The van der Waals surface area contributed by atoms with Gasteiger partial charge in [0.25, 0.3) is 0 Å². The van der Waals surface area contributed by atoms with Gasteiger partial charge in [0.15, 0.2) is 0 Å². The van der Waals surface area contributed by atoms with Crippen LogP contribution in [0.3, 0.4) is 0 Å². The highest BCUT2D eigenvalue weighted by atomic mass is 32.1. The number of thiophene rings is 1. The maximum atomic E-state index is 5.83. The molecule has 4 heteroatoms. The molecule has 1 N–H and O–H groups in total. The highest BCUT2D eigenvalue weighted by Crippen LogP contribution is 2.21. The van der Waals surface area contributed by atoms with Crippen LogP contribution >= 0.6 is 11.3 Å². The standard InChI is InChI=1S/C16H20N2OS/c1-2-13-8-12(10-17-14-5-6-14)9-16(18-13)19-11-15-4-3-7-20-15/h3-4,7-9,14,17H,2,5-6,10-11H2,1H3. The molecule has 0 unspecified atom stereocenters. The van der Waals surface area contributed by atoms with E-state index in [1.807, 2.05) is 6.07 Å². The van der Waals surface area contributed by atoms with Crippen LogP contribution < -0.4 is 10.1 Å². The average molecular weight is 288 g/mol. The number of ether oxygens (including phenoxy) is 1. The SMILES string of the molecule is CCc1cc(CNC2CC2)cc(OCc2cccs2)n1. The maximum absolute atomic E-state index is 5.83. The normalized spacial score (nSPS) is 14.4. The molecule has 1 fully saturated rings. The molecule has 3 rings (SSSR count). The topological polar surface area (TPSA) is 34.1 Å². The maximum Gasteiger partial charge on any atom is 0.214 e. The summed E-state index contributed by atoms with van der Waals surface area (Å²) in [6.07, 6.45) is 3.56. The van der Waals surface area contributed by atoms with E-state index >= 15 is 0 Å². The first-order valence-electron chi connectivity index (χ1n) is 7.22. The van der Waals surface area contributed by atoms with E-state index in [0.717, 1.165) is 30.6 Å². The number of hydrogen-bond acceptors (Lipinski definition) is 4. The Kier molecular flexibility index (Phi) is 4.33. The van der Waals surface area contributed by atoms with E-state index in [4.69, 9.17) is 4.74 Å². The minimum Gasteiger partial charge on any atom is -0.472 e. The predicted octanol–water partition coefficient (Wildman–Crippen LogP) is 3.54. The summed E-state index contributed by atoms with van der Waals surface area (Å²) < 4.78 is 5.83. The van der Waals surface area contributed by atoms with E-state index < -0.39 is 0 Å². The summed E-state index contributed by atoms with van der Waals surface area (Å²) in [4.78, 5) is 5.78. The first-order chi connectivity index (χ1) is 9.83. The lowest BCUT2D eigenvalue weighted by molar-refractivity contribution is 0.296. The molecule has 0 spiro atoms. The molecule has 0 bridgehead atoms. The van der Waals surface area contributed by atoms with Crippen molar-refractivity contribution in [2.75, 3.05) is 0 Å². The van der Waals surface area contributed by atoms with E-state index in [9.17, 15) is 0 Å². The molecule has 106 valence electrons. The Morgan fingerprint density at radius 2 is 2.30 bits per heavy atom. The van der Waals surface area contributed by atoms with Gasteiger partial charge < -0.3 is 10.1 Å². The molecule has 0 aliphatic heterocycles. The van der Waals surface area contributed by atoms with Crippen molar-refractivity contribution in [2.45, 2.75) is 45.4 Å². The van der Waals surface area contributed by atoms with Crippen molar-refractivity contribution >= 4 is 11.3 Å². The number of nitrogens with one attached hydrogen (secondary N) is 1. The van der Waals surface area contributed by atoms with Crippen LogP contribution in [0, 0.1) is 0 Å². The average Bonchev–Trinajstić information content (AvgIpc) is 3.16. The Morgan fingerprint density at radius 1 is 1.40 bits per heavy atom. The Balaban J connectivity index is 1.66. The largest absolute Gasteiger partial charge is 0.472 e. The Morgan fingerprint density at radius 3 is 3.00 bits per heavy atom. The van der Waals surface area contributed by atoms with Gasteiger partial charge in [-0.05, 0) is 42.3 Å². The van der Waals surface area contributed by atoms with Gasteiger partial charge in [0.1, 0.15) is 6.61 Å². The van der Waals surface area contributed by atoms with Gasteiger partial charge in [-0.3, -0.25) is 0 Å². The highest BCUT2D eigenvalue weighted by molar-refractivity contribution is 7.09. The summed E-state index contributed by atoms with van der Waals surface area (Å²) in [7, 11) is 0. The van der Waals surface area contributed by atoms with E-state index in [2.05, 4.69) is 40.8 Å². The third-order valence-electron chi connectivity index (χ3n) is 3.39. The molecule has 0 aromatic carbocycles. The van der Waals surface area contributed by atoms with Crippen LogP contribution in [0.15, 0.2) is 29.6 Å². The first kappa shape index (κ1) is 13.6. The van der Waals surface area contributed by atoms with Crippen molar-refractivity contribution in [3.63, 3.8) is 0 Å². The molecular formula is C16H20N2OS. The van der Waals surface area contributed by atoms with E-state index in [0.29, 0.717) is 6.61 Å². The monoisotopic (exact) mass is 288 g/mol. The molecule has 1 aliphatic rings. The Hall–Kier alpha value is -1.39. The highest BCUT2D eigenvalue weighted by Gasteiger charge is 2.20. The summed E-state index contributed by atoms with van der Waals surface area (Å²) in [6.45, 7) is 3.65. The zero-order chi connectivity index (χ0) is 13.8. The van der Waals surface area contributed by atoms with Crippen molar-refractivity contribution < 1.29 is 4.74 Å². The number of aromatic nitrogens is 1. The molecule has 0 atom stereocenters. The quantitative estimate of drug-likeness (QED) is 0.846. The molecular weight excluding hydrogens is 268 g/mol. The molecule has 20 heavy (non-hydrogen) atoms. The summed E-state index contributed by atoms with van der Waals surface area (Å²) in [5.74, 6) is 0.741. The summed E-state index contributed by atoms with van der Waals surface area (Å²) in [6, 6.07) is 9.09. The minimum atomic E-state index is 0.604. The van der Waals surface area contributed by atoms with Gasteiger partial charge in [0.05, 0.1) is 0 Å². The zero-order valence-corrected chi connectivity index (χ0v) is 12.6. The fraction of sp³-hybridized carbons (Fsp3) is 0.438. The van der Waals surface area contributed by atoms with Crippen LogP contribution in [0.25, 0.3) is 0 Å². The van der Waals surface area contributed by atoms with E-state index in [-0.39, 0.29) is 0 Å². The summed E-state index contributed by atoms with van der Waals surface area (Å²) >= 11 is 1.71. The van der Waals surface area contributed by atoms with Crippen LogP contribution in [-0.4, -0.2) is 11.0 Å². The third-order valence-corrected chi connectivity index (χ3v) is 4.24. The summed E-state index contributed by atoms with van der Waals surface area (Å²) in [5.41, 5.74) is 2.37. The van der Waals surface area contributed by atoms with Gasteiger partial charge in [-0.2, -0.15) is 0 Å². The van der Waals surface area contributed by atoms with Gasteiger partial charge in [-0.1, -0.05) is 13.0 Å². The fourth-order valence-corrected chi connectivity index (χ4v) is 2.68. The molecule has 3 nitrogen and oxygen atoms in total. The van der Waals surface area contributed by atoms with Crippen LogP contribution in [0.1, 0.15) is 35.9 Å². The number of aryl methyl sites for hydroxylation is 1. The number of nitrogens with zero attached hydrogens (tertiary/aromatic N) is 1. The molecule has 1 aliphatic carbocycles. The second-order valence-electron chi connectivity index (χ2n) is 5.18. The van der Waals surface area contributed by atoms with Crippen LogP contribution in [-0.2, 0) is 19.6 Å². The molecule has 1 saturated carbocycles.